The molecule has 0 saturated carbocycles. The summed E-state index contributed by atoms with van der Waals surface area (Å²) in [5.74, 6) is 0.0827. The molecule has 1 aromatic heterocycles. The first kappa shape index (κ1) is 20.8. The minimum Gasteiger partial charge on any atom is -0.388 e. The third-order valence-electron chi connectivity index (χ3n) is 5.84. The predicted molar refractivity (Wildman–Crippen MR) is 106 cm³/mol. The van der Waals surface area contributed by atoms with E-state index in [1.807, 2.05) is 18.0 Å². The molecule has 0 radical (unpaired) electrons. The molecule has 2 aliphatic heterocycles. The van der Waals surface area contributed by atoms with Crippen LogP contribution < -0.4 is 5.32 Å². The van der Waals surface area contributed by atoms with Crippen LogP contribution >= 0.6 is 0 Å². The third-order valence-corrected chi connectivity index (χ3v) is 5.84. The lowest BCUT2D eigenvalue weighted by Crippen LogP contribution is -2.50. The molecule has 0 aromatic carbocycles. The van der Waals surface area contributed by atoms with Crippen LogP contribution in [-0.2, 0) is 16.1 Å². The number of piperidine rings is 1. The molecule has 1 aromatic rings. The largest absolute Gasteiger partial charge is 0.388 e. The SMILES string of the molecule is CC(=O)NC1CCN(C[C@@]2(O)CCCN(C(=O)Cn3cc(C)cn3)CC2)CC1. The van der Waals surface area contributed by atoms with E-state index < -0.39 is 5.60 Å². The van der Waals surface area contributed by atoms with Gasteiger partial charge in [-0.25, -0.2) is 0 Å². The highest BCUT2D eigenvalue weighted by Crippen LogP contribution is 2.25. The number of carbonyl (C=O) groups excluding carboxylic acids is 2. The van der Waals surface area contributed by atoms with E-state index >= 15 is 0 Å². The lowest BCUT2D eigenvalue weighted by atomic mass is 9.93. The number of rotatable bonds is 5. The van der Waals surface area contributed by atoms with Crippen LogP contribution in [0.25, 0.3) is 0 Å². The van der Waals surface area contributed by atoms with Crippen LogP contribution in [0.3, 0.4) is 0 Å². The van der Waals surface area contributed by atoms with Crippen molar-refractivity contribution in [1.82, 2.24) is 24.9 Å². The Balaban J connectivity index is 1.47. The van der Waals surface area contributed by atoms with E-state index in [1.165, 1.54) is 0 Å². The predicted octanol–water partition coefficient (Wildman–Crippen LogP) is 0.536. The minimum absolute atomic E-state index is 0.0240. The first-order chi connectivity index (χ1) is 13.3. The number of carbonyl (C=O) groups is 2. The lowest BCUT2D eigenvalue weighted by molar-refractivity contribution is -0.132. The zero-order chi connectivity index (χ0) is 20.1. The summed E-state index contributed by atoms with van der Waals surface area (Å²) in [6, 6.07) is 0.247. The number of nitrogens with one attached hydrogen (secondary N) is 1. The van der Waals surface area contributed by atoms with Crippen LogP contribution in [0.2, 0.25) is 0 Å². The Bertz CT molecular complexity index is 683. The van der Waals surface area contributed by atoms with Crippen molar-refractivity contribution in [3.05, 3.63) is 18.0 Å². The van der Waals surface area contributed by atoms with E-state index in [0.717, 1.165) is 37.9 Å². The molecule has 3 heterocycles. The van der Waals surface area contributed by atoms with Crippen LogP contribution in [0.4, 0.5) is 0 Å². The number of aryl methyl sites for hydroxylation is 1. The fourth-order valence-corrected chi connectivity index (χ4v) is 4.32. The quantitative estimate of drug-likeness (QED) is 0.764. The van der Waals surface area contributed by atoms with E-state index in [2.05, 4.69) is 15.3 Å². The van der Waals surface area contributed by atoms with Gasteiger partial charge in [0.25, 0.3) is 0 Å². The number of likely N-dealkylation sites (tertiary alicyclic amines) is 2. The highest BCUT2D eigenvalue weighted by molar-refractivity contribution is 5.76. The fourth-order valence-electron chi connectivity index (χ4n) is 4.32. The van der Waals surface area contributed by atoms with Gasteiger partial charge in [0.05, 0.1) is 11.8 Å². The van der Waals surface area contributed by atoms with Crippen LogP contribution in [0.15, 0.2) is 12.4 Å². The fraction of sp³-hybridized carbons (Fsp3) is 0.750. The van der Waals surface area contributed by atoms with E-state index in [-0.39, 0.29) is 24.4 Å². The van der Waals surface area contributed by atoms with Crippen LogP contribution in [0.1, 0.15) is 44.6 Å². The highest BCUT2D eigenvalue weighted by atomic mass is 16.3. The smallest absolute Gasteiger partial charge is 0.244 e. The molecular weight excluding hydrogens is 358 g/mol. The van der Waals surface area contributed by atoms with Gasteiger partial charge in [-0.05, 0) is 44.6 Å². The maximum atomic E-state index is 12.6. The standard InChI is InChI=1S/C20H33N5O3/c1-16-12-21-25(13-16)14-19(27)24-8-3-6-20(28,7-11-24)15-23-9-4-18(5-10-23)22-17(2)26/h12-13,18,28H,3-11,14-15H2,1-2H3,(H,22,26)/t20-/m1/s1. The molecule has 3 rings (SSSR count). The molecule has 0 bridgehead atoms. The van der Waals surface area contributed by atoms with Gasteiger partial charge in [0.1, 0.15) is 6.54 Å². The molecule has 2 N–H and O–H groups in total. The van der Waals surface area contributed by atoms with Crippen molar-refractivity contribution in [2.75, 3.05) is 32.7 Å². The van der Waals surface area contributed by atoms with Crippen LogP contribution in [-0.4, -0.2) is 80.9 Å². The van der Waals surface area contributed by atoms with Crippen LogP contribution in [0.5, 0.6) is 0 Å². The van der Waals surface area contributed by atoms with Gasteiger partial charge in [-0.1, -0.05) is 0 Å². The number of aliphatic hydroxyl groups is 1. The molecule has 8 nitrogen and oxygen atoms in total. The van der Waals surface area contributed by atoms with Crippen molar-refractivity contribution in [1.29, 1.82) is 0 Å². The molecule has 156 valence electrons. The lowest BCUT2D eigenvalue weighted by Gasteiger charge is -2.38. The summed E-state index contributed by atoms with van der Waals surface area (Å²) in [6.07, 6.45) is 7.59. The molecule has 0 spiro atoms. The van der Waals surface area contributed by atoms with Crippen molar-refractivity contribution in [2.45, 2.75) is 64.1 Å². The summed E-state index contributed by atoms with van der Waals surface area (Å²) in [5.41, 5.74) is 0.290. The van der Waals surface area contributed by atoms with E-state index in [9.17, 15) is 14.7 Å². The second kappa shape index (κ2) is 9.05. The Labute approximate surface area is 166 Å². The monoisotopic (exact) mass is 391 g/mol. The van der Waals surface area contributed by atoms with Gasteiger partial charge in [-0.2, -0.15) is 5.10 Å². The number of nitrogens with zero attached hydrogens (tertiary/aromatic N) is 4. The summed E-state index contributed by atoms with van der Waals surface area (Å²) in [4.78, 5) is 27.9. The molecule has 8 heteroatoms. The summed E-state index contributed by atoms with van der Waals surface area (Å²) in [6.45, 7) is 7.44. The van der Waals surface area contributed by atoms with Gasteiger partial charge in [-0.3, -0.25) is 14.3 Å². The molecule has 28 heavy (non-hydrogen) atoms. The summed E-state index contributed by atoms with van der Waals surface area (Å²) < 4.78 is 1.67. The van der Waals surface area contributed by atoms with E-state index in [1.54, 1.807) is 17.8 Å². The Kier molecular flexibility index (Phi) is 6.72. The van der Waals surface area contributed by atoms with Gasteiger partial charge in [-0.15, -0.1) is 0 Å². The molecular formula is C20H33N5O3. The summed E-state index contributed by atoms with van der Waals surface area (Å²) in [7, 11) is 0. The van der Waals surface area contributed by atoms with Gasteiger partial charge >= 0.3 is 0 Å². The minimum atomic E-state index is -0.752. The molecule has 0 unspecified atom stereocenters. The average Bonchev–Trinajstić information content (AvgIpc) is 2.93. The van der Waals surface area contributed by atoms with Gasteiger partial charge in [0.2, 0.25) is 11.8 Å². The van der Waals surface area contributed by atoms with Crippen molar-refractivity contribution in [3.63, 3.8) is 0 Å². The van der Waals surface area contributed by atoms with Gasteiger partial charge in [0.15, 0.2) is 0 Å². The highest BCUT2D eigenvalue weighted by Gasteiger charge is 2.34. The molecule has 0 aliphatic carbocycles. The number of hydrogen-bond donors (Lipinski definition) is 2. The van der Waals surface area contributed by atoms with Gasteiger partial charge in [0, 0.05) is 51.9 Å². The Morgan fingerprint density at radius 3 is 2.64 bits per heavy atom. The van der Waals surface area contributed by atoms with Crippen molar-refractivity contribution < 1.29 is 14.7 Å². The summed E-state index contributed by atoms with van der Waals surface area (Å²) in [5, 5.41) is 18.3. The Hall–Kier alpha value is -1.93. The van der Waals surface area contributed by atoms with E-state index in [4.69, 9.17) is 0 Å². The molecule has 2 amide bonds. The number of amides is 2. The first-order valence-corrected chi connectivity index (χ1v) is 10.3. The van der Waals surface area contributed by atoms with Gasteiger partial charge < -0.3 is 20.2 Å². The molecule has 1 atom stereocenters. The van der Waals surface area contributed by atoms with Crippen molar-refractivity contribution >= 4 is 11.8 Å². The molecule has 2 aliphatic rings. The Morgan fingerprint density at radius 1 is 1.25 bits per heavy atom. The maximum Gasteiger partial charge on any atom is 0.244 e. The number of β-amino-alcohol motifs (C(OH)–C–C–N with tert-alkyl or cyclic N) is 1. The molecule has 2 saturated heterocycles. The second-order valence-electron chi connectivity index (χ2n) is 8.42. The molecule has 2 fully saturated rings. The summed E-state index contributed by atoms with van der Waals surface area (Å²) >= 11 is 0. The first-order valence-electron chi connectivity index (χ1n) is 10.3. The van der Waals surface area contributed by atoms with Crippen molar-refractivity contribution in [3.8, 4) is 0 Å². The number of aromatic nitrogens is 2. The van der Waals surface area contributed by atoms with Crippen molar-refractivity contribution in [2.24, 2.45) is 0 Å². The third kappa shape index (κ3) is 5.78. The zero-order valence-corrected chi connectivity index (χ0v) is 17.1. The Morgan fingerprint density at radius 2 is 2.00 bits per heavy atom. The maximum absolute atomic E-state index is 12.6. The number of hydrogen-bond acceptors (Lipinski definition) is 5. The zero-order valence-electron chi connectivity index (χ0n) is 17.1. The average molecular weight is 392 g/mol. The van der Waals surface area contributed by atoms with E-state index in [0.29, 0.717) is 32.5 Å². The second-order valence-corrected chi connectivity index (χ2v) is 8.42. The topological polar surface area (TPSA) is 90.7 Å². The van der Waals surface area contributed by atoms with Crippen LogP contribution in [0, 0.1) is 6.92 Å². The normalized spacial score (nSPS) is 24.8.